The molecule has 8 heteroatoms. The lowest BCUT2D eigenvalue weighted by atomic mass is 10.1. The van der Waals surface area contributed by atoms with E-state index in [1.165, 1.54) is 27.4 Å². The molecule has 0 spiro atoms. The Morgan fingerprint density at radius 1 is 0.857 bits per heavy atom. The number of hydrogen-bond acceptors (Lipinski definition) is 7. The van der Waals surface area contributed by atoms with Crippen LogP contribution in [0.4, 0.5) is 0 Å². The summed E-state index contributed by atoms with van der Waals surface area (Å²) in [4.78, 5) is 36.3. The van der Waals surface area contributed by atoms with Crippen molar-refractivity contribution >= 4 is 17.7 Å². The molecule has 0 aliphatic rings. The van der Waals surface area contributed by atoms with Crippen LogP contribution in [-0.4, -0.2) is 52.1 Å². The topological polar surface area (TPSA) is 100 Å². The molecule has 0 saturated carbocycles. The minimum absolute atomic E-state index is 0.258. The third-order valence-corrected chi connectivity index (χ3v) is 3.82. The molecule has 0 heterocycles. The highest BCUT2D eigenvalue weighted by molar-refractivity contribution is 6.01. The lowest BCUT2D eigenvalue weighted by Crippen LogP contribution is -2.31. The number of amides is 1. The van der Waals surface area contributed by atoms with Crippen molar-refractivity contribution in [2.24, 2.45) is 0 Å². The van der Waals surface area contributed by atoms with Gasteiger partial charge in [0.15, 0.2) is 6.61 Å². The zero-order valence-electron chi connectivity index (χ0n) is 15.8. The van der Waals surface area contributed by atoms with Crippen LogP contribution in [0, 0.1) is 0 Å². The molecular weight excluding hydrogens is 366 g/mol. The molecule has 1 amide bonds. The number of Topliss-reactive ketones (excluding diaryl/α,β-unsaturated/α-hetero) is 1. The van der Waals surface area contributed by atoms with E-state index in [0.717, 1.165) is 0 Å². The second-order valence-corrected chi connectivity index (χ2v) is 5.53. The Balaban J connectivity index is 1.89. The number of hydrogen-bond donors (Lipinski definition) is 1. The first-order chi connectivity index (χ1) is 13.5. The Bertz CT molecular complexity index is 863. The van der Waals surface area contributed by atoms with E-state index in [0.29, 0.717) is 17.2 Å². The minimum Gasteiger partial charge on any atom is -0.497 e. The molecule has 0 aromatic heterocycles. The van der Waals surface area contributed by atoms with Gasteiger partial charge in [0.25, 0.3) is 5.91 Å². The monoisotopic (exact) mass is 387 g/mol. The van der Waals surface area contributed by atoms with Crippen molar-refractivity contribution in [1.82, 2.24) is 5.32 Å². The molecule has 0 saturated heterocycles. The number of para-hydroxylation sites is 1. The van der Waals surface area contributed by atoms with Crippen LogP contribution in [0.15, 0.2) is 42.5 Å². The summed E-state index contributed by atoms with van der Waals surface area (Å²) in [5.74, 6) is -0.449. The number of methoxy groups -OCH3 is 3. The fourth-order valence-corrected chi connectivity index (χ4v) is 2.38. The summed E-state index contributed by atoms with van der Waals surface area (Å²) in [6, 6.07) is 11.3. The van der Waals surface area contributed by atoms with Gasteiger partial charge in [-0.1, -0.05) is 12.1 Å². The summed E-state index contributed by atoms with van der Waals surface area (Å²) < 4.78 is 20.3. The first kappa shape index (κ1) is 20.8. The Morgan fingerprint density at radius 2 is 1.57 bits per heavy atom. The number of benzene rings is 2. The number of ether oxygens (including phenoxy) is 4. The van der Waals surface area contributed by atoms with Crippen molar-refractivity contribution < 1.29 is 33.3 Å². The SMILES string of the molecule is COc1ccc(C(=O)COC(=O)CNC(=O)c2ccccc2OC)c(OC)c1. The molecule has 0 bridgehead atoms. The molecule has 148 valence electrons. The molecule has 0 atom stereocenters. The van der Waals surface area contributed by atoms with Gasteiger partial charge in [0.1, 0.15) is 23.8 Å². The van der Waals surface area contributed by atoms with E-state index in [-0.39, 0.29) is 17.7 Å². The number of carbonyl (C=O) groups is 3. The molecule has 2 aromatic rings. The highest BCUT2D eigenvalue weighted by atomic mass is 16.5. The van der Waals surface area contributed by atoms with Gasteiger partial charge in [-0.2, -0.15) is 0 Å². The number of carbonyl (C=O) groups excluding carboxylic acids is 3. The van der Waals surface area contributed by atoms with Gasteiger partial charge in [-0.3, -0.25) is 14.4 Å². The third kappa shape index (κ3) is 5.23. The number of esters is 1. The lowest BCUT2D eigenvalue weighted by Gasteiger charge is -2.11. The van der Waals surface area contributed by atoms with Gasteiger partial charge < -0.3 is 24.3 Å². The normalized spacial score (nSPS) is 9.96. The molecule has 0 fully saturated rings. The van der Waals surface area contributed by atoms with Crippen molar-refractivity contribution in [3.63, 3.8) is 0 Å². The van der Waals surface area contributed by atoms with E-state index >= 15 is 0 Å². The first-order valence-corrected chi connectivity index (χ1v) is 8.32. The molecule has 0 radical (unpaired) electrons. The molecule has 8 nitrogen and oxygen atoms in total. The summed E-state index contributed by atoms with van der Waals surface area (Å²) in [6.07, 6.45) is 0. The third-order valence-electron chi connectivity index (χ3n) is 3.82. The molecule has 1 N–H and O–H groups in total. The zero-order valence-corrected chi connectivity index (χ0v) is 15.8. The first-order valence-electron chi connectivity index (χ1n) is 8.32. The highest BCUT2D eigenvalue weighted by Crippen LogP contribution is 2.25. The predicted molar refractivity (Wildman–Crippen MR) is 100 cm³/mol. The molecule has 0 aliphatic carbocycles. The lowest BCUT2D eigenvalue weighted by molar-refractivity contribution is -0.141. The average Bonchev–Trinajstić information content (AvgIpc) is 2.75. The minimum atomic E-state index is -0.746. The maximum absolute atomic E-state index is 12.3. The Kier molecular flexibility index (Phi) is 7.38. The quantitative estimate of drug-likeness (QED) is 0.518. The summed E-state index contributed by atoms with van der Waals surface area (Å²) >= 11 is 0. The van der Waals surface area contributed by atoms with Gasteiger partial charge in [0, 0.05) is 6.07 Å². The largest absolute Gasteiger partial charge is 0.497 e. The molecular formula is C20H21NO7. The van der Waals surface area contributed by atoms with E-state index in [2.05, 4.69) is 5.32 Å². The van der Waals surface area contributed by atoms with Crippen LogP contribution in [-0.2, 0) is 9.53 Å². The fraction of sp³-hybridized carbons (Fsp3) is 0.250. The number of nitrogens with one attached hydrogen (secondary N) is 1. The molecule has 2 aromatic carbocycles. The summed E-state index contributed by atoms with van der Waals surface area (Å²) in [7, 11) is 4.36. The zero-order chi connectivity index (χ0) is 20.5. The van der Waals surface area contributed by atoms with Crippen LogP contribution in [0.3, 0.4) is 0 Å². The van der Waals surface area contributed by atoms with Gasteiger partial charge in [-0.05, 0) is 24.3 Å². The number of rotatable bonds is 9. The second-order valence-electron chi connectivity index (χ2n) is 5.53. The van der Waals surface area contributed by atoms with Gasteiger partial charge in [0.05, 0.1) is 32.5 Å². The maximum atomic E-state index is 12.3. The standard InChI is InChI=1S/C20H21NO7/c1-25-13-8-9-14(18(10-13)27-3)16(22)12-28-19(23)11-21-20(24)15-6-4-5-7-17(15)26-2/h4-10H,11-12H2,1-3H3,(H,21,24). The van der Waals surface area contributed by atoms with E-state index in [1.54, 1.807) is 36.4 Å². The smallest absolute Gasteiger partial charge is 0.325 e. The van der Waals surface area contributed by atoms with Crippen molar-refractivity contribution in [3.8, 4) is 17.2 Å². The Morgan fingerprint density at radius 3 is 2.25 bits per heavy atom. The Hall–Kier alpha value is -3.55. The van der Waals surface area contributed by atoms with E-state index in [1.807, 2.05) is 0 Å². The molecule has 0 aliphatic heterocycles. The molecule has 2 rings (SSSR count). The van der Waals surface area contributed by atoms with E-state index in [4.69, 9.17) is 18.9 Å². The van der Waals surface area contributed by atoms with Crippen LogP contribution >= 0.6 is 0 Å². The van der Waals surface area contributed by atoms with Crippen LogP contribution in [0.5, 0.6) is 17.2 Å². The van der Waals surface area contributed by atoms with E-state index in [9.17, 15) is 14.4 Å². The maximum Gasteiger partial charge on any atom is 0.325 e. The predicted octanol–water partition coefficient (Wildman–Crippen LogP) is 1.87. The van der Waals surface area contributed by atoms with Gasteiger partial charge >= 0.3 is 5.97 Å². The van der Waals surface area contributed by atoms with Crippen LogP contribution in [0.1, 0.15) is 20.7 Å². The fourth-order valence-electron chi connectivity index (χ4n) is 2.38. The van der Waals surface area contributed by atoms with Crippen molar-refractivity contribution in [1.29, 1.82) is 0 Å². The molecule has 0 unspecified atom stereocenters. The summed E-state index contributed by atoms with van der Waals surface area (Å²) in [5, 5.41) is 2.43. The second kappa shape index (κ2) is 9.96. The molecule has 28 heavy (non-hydrogen) atoms. The summed E-state index contributed by atoms with van der Waals surface area (Å²) in [5.41, 5.74) is 0.547. The van der Waals surface area contributed by atoms with Gasteiger partial charge in [-0.25, -0.2) is 0 Å². The van der Waals surface area contributed by atoms with Crippen LogP contribution < -0.4 is 19.5 Å². The van der Waals surface area contributed by atoms with Gasteiger partial charge in [-0.15, -0.1) is 0 Å². The van der Waals surface area contributed by atoms with Crippen molar-refractivity contribution in [2.75, 3.05) is 34.5 Å². The Labute approximate surface area is 162 Å². The average molecular weight is 387 g/mol. The van der Waals surface area contributed by atoms with Gasteiger partial charge in [0.2, 0.25) is 5.78 Å². The number of ketones is 1. The summed E-state index contributed by atoms with van der Waals surface area (Å²) in [6.45, 7) is -0.865. The van der Waals surface area contributed by atoms with Crippen LogP contribution in [0.2, 0.25) is 0 Å². The van der Waals surface area contributed by atoms with Crippen molar-refractivity contribution in [3.05, 3.63) is 53.6 Å². The highest BCUT2D eigenvalue weighted by Gasteiger charge is 2.17. The van der Waals surface area contributed by atoms with Crippen molar-refractivity contribution in [2.45, 2.75) is 0 Å². The van der Waals surface area contributed by atoms with Crippen LogP contribution in [0.25, 0.3) is 0 Å². The van der Waals surface area contributed by atoms with E-state index < -0.39 is 24.3 Å².